The molecular weight excluding hydrogens is 576 g/mol. The van der Waals surface area contributed by atoms with Gasteiger partial charge in [-0.05, 0) is 147 Å². The van der Waals surface area contributed by atoms with Gasteiger partial charge in [0.25, 0.3) is 0 Å². The van der Waals surface area contributed by atoms with Crippen molar-refractivity contribution in [1.29, 1.82) is 0 Å². The van der Waals surface area contributed by atoms with Crippen molar-refractivity contribution in [2.75, 3.05) is 7.11 Å². The van der Waals surface area contributed by atoms with Crippen molar-refractivity contribution < 1.29 is 28.5 Å². The summed E-state index contributed by atoms with van der Waals surface area (Å²) in [6.07, 6.45) is 28.5. The fourth-order valence-electron chi connectivity index (χ4n) is 10.2. The highest BCUT2D eigenvalue weighted by Crippen LogP contribution is 2.39. The third-order valence-electron chi connectivity index (χ3n) is 13.4. The van der Waals surface area contributed by atoms with E-state index >= 15 is 0 Å². The Kier molecular flexibility index (Phi) is 13.1. The molecule has 0 heterocycles. The number of methoxy groups -OCH3 is 1. The second-order valence-corrected chi connectivity index (χ2v) is 16.6. The SMILES string of the molecule is COC1CCC(OC2CCC(C(=O)C3CCC(OC4CCC(OC5CCC(C(=O)C6CCC(C)CC6)CC5)CC4)CC3)CC2)CC1. The van der Waals surface area contributed by atoms with Crippen LogP contribution >= 0.6 is 0 Å². The second-order valence-electron chi connectivity index (χ2n) is 16.6. The zero-order valence-corrected chi connectivity index (χ0v) is 29.3. The lowest BCUT2D eigenvalue weighted by Gasteiger charge is -2.38. The molecule has 6 heteroatoms. The summed E-state index contributed by atoms with van der Waals surface area (Å²) in [6.45, 7) is 2.33. The van der Waals surface area contributed by atoms with Crippen LogP contribution in [0.2, 0.25) is 0 Å². The lowest BCUT2D eigenvalue weighted by molar-refractivity contribution is -0.134. The molecule has 0 atom stereocenters. The molecule has 6 rings (SSSR count). The van der Waals surface area contributed by atoms with Gasteiger partial charge in [0.15, 0.2) is 0 Å². The first-order valence-electron chi connectivity index (χ1n) is 20.0. The molecule has 6 aliphatic rings. The fourth-order valence-corrected chi connectivity index (χ4v) is 10.2. The van der Waals surface area contributed by atoms with Gasteiger partial charge in [0.1, 0.15) is 11.6 Å². The quantitative estimate of drug-likeness (QED) is 0.224. The van der Waals surface area contributed by atoms with Gasteiger partial charge in [0, 0.05) is 30.8 Å². The number of carbonyl (C=O) groups is 2. The molecule has 0 aliphatic heterocycles. The standard InChI is InChI=1S/C40H66O6/c1-27-3-5-28(6-4-27)39(41)29-7-13-34(14-8-29)45-37-23-25-38(26-24-37)46-35-17-11-31(12-18-35)40(42)30-9-15-33(16-10-30)44-36-21-19-32(43-2)20-22-36/h27-38H,3-26H2,1-2H3. The molecular formula is C40H66O6. The number of carbonyl (C=O) groups excluding carboxylic acids is 2. The molecule has 6 nitrogen and oxygen atoms in total. The number of rotatable bonds is 11. The van der Waals surface area contributed by atoms with Crippen molar-refractivity contribution in [2.24, 2.45) is 29.6 Å². The van der Waals surface area contributed by atoms with Gasteiger partial charge in [-0.1, -0.05) is 19.8 Å². The van der Waals surface area contributed by atoms with Crippen molar-refractivity contribution in [2.45, 2.75) is 204 Å². The molecule has 46 heavy (non-hydrogen) atoms. The molecule has 0 unspecified atom stereocenters. The van der Waals surface area contributed by atoms with Crippen LogP contribution in [0.25, 0.3) is 0 Å². The predicted molar refractivity (Wildman–Crippen MR) is 181 cm³/mol. The van der Waals surface area contributed by atoms with Crippen molar-refractivity contribution in [3.8, 4) is 0 Å². The summed E-state index contributed by atoms with van der Waals surface area (Å²) < 4.78 is 25.2. The summed E-state index contributed by atoms with van der Waals surface area (Å²) in [5.74, 6) is 3.04. The number of ether oxygens (including phenoxy) is 4. The summed E-state index contributed by atoms with van der Waals surface area (Å²) in [4.78, 5) is 26.5. The Hall–Kier alpha value is -0.820. The molecule has 0 saturated heterocycles. The van der Waals surface area contributed by atoms with E-state index < -0.39 is 0 Å². The molecule has 0 amide bonds. The number of ketones is 2. The molecule has 0 aromatic carbocycles. The fraction of sp³-hybridized carbons (Fsp3) is 0.950. The van der Waals surface area contributed by atoms with E-state index in [-0.39, 0.29) is 11.8 Å². The van der Waals surface area contributed by atoms with E-state index in [0.717, 1.165) is 147 Å². The Bertz CT molecular complexity index is 919. The topological polar surface area (TPSA) is 71.1 Å². The molecule has 0 spiro atoms. The molecule has 0 aromatic rings. The zero-order chi connectivity index (χ0) is 31.9. The molecule has 0 bridgehead atoms. The van der Waals surface area contributed by atoms with Crippen LogP contribution < -0.4 is 0 Å². The third kappa shape index (κ3) is 9.66. The molecule has 0 N–H and O–H groups in total. The minimum absolute atomic E-state index is 0.243. The van der Waals surface area contributed by atoms with Gasteiger partial charge in [-0.15, -0.1) is 0 Å². The predicted octanol–water partition coefficient (Wildman–Crippen LogP) is 8.95. The smallest absolute Gasteiger partial charge is 0.139 e. The third-order valence-corrected chi connectivity index (χ3v) is 13.4. The molecule has 0 radical (unpaired) electrons. The average Bonchev–Trinajstić information content (AvgIpc) is 3.10. The van der Waals surface area contributed by atoms with Crippen LogP contribution in [0.4, 0.5) is 0 Å². The zero-order valence-electron chi connectivity index (χ0n) is 29.3. The van der Waals surface area contributed by atoms with E-state index in [2.05, 4.69) is 6.92 Å². The molecule has 6 saturated carbocycles. The maximum atomic E-state index is 13.4. The highest BCUT2D eigenvalue weighted by Gasteiger charge is 2.37. The Morgan fingerprint density at radius 3 is 0.826 bits per heavy atom. The van der Waals surface area contributed by atoms with Crippen LogP contribution in [0, 0.1) is 29.6 Å². The van der Waals surface area contributed by atoms with Gasteiger partial charge >= 0.3 is 0 Å². The Labute approximate surface area is 280 Å². The monoisotopic (exact) mass is 642 g/mol. The van der Waals surface area contributed by atoms with E-state index in [1.165, 1.54) is 12.8 Å². The largest absolute Gasteiger partial charge is 0.381 e. The van der Waals surface area contributed by atoms with Crippen molar-refractivity contribution in [1.82, 2.24) is 0 Å². The minimum Gasteiger partial charge on any atom is -0.381 e. The van der Waals surface area contributed by atoms with Gasteiger partial charge < -0.3 is 18.9 Å². The van der Waals surface area contributed by atoms with E-state index in [0.29, 0.717) is 66.1 Å². The Morgan fingerprint density at radius 2 is 0.565 bits per heavy atom. The number of hydrogen-bond donors (Lipinski definition) is 0. The molecule has 6 fully saturated rings. The van der Waals surface area contributed by atoms with Crippen LogP contribution in [0.1, 0.15) is 161 Å². The van der Waals surface area contributed by atoms with Crippen molar-refractivity contribution in [3.05, 3.63) is 0 Å². The van der Waals surface area contributed by atoms with E-state index in [1.807, 2.05) is 7.11 Å². The summed E-state index contributed by atoms with van der Waals surface area (Å²) in [5, 5.41) is 0. The average molecular weight is 643 g/mol. The van der Waals surface area contributed by atoms with Crippen LogP contribution in [0.15, 0.2) is 0 Å². The van der Waals surface area contributed by atoms with E-state index in [9.17, 15) is 9.59 Å². The van der Waals surface area contributed by atoms with Gasteiger partial charge in [0.05, 0.1) is 42.7 Å². The van der Waals surface area contributed by atoms with Crippen molar-refractivity contribution in [3.63, 3.8) is 0 Å². The van der Waals surface area contributed by atoms with Crippen LogP contribution in [0.5, 0.6) is 0 Å². The summed E-state index contributed by atoms with van der Waals surface area (Å²) >= 11 is 0. The summed E-state index contributed by atoms with van der Waals surface area (Å²) in [6, 6.07) is 0. The number of Topliss-reactive ketones (excluding diaryl/α,β-unsaturated/α-hetero) is 2. The maximum absolute atomic E-state index is 13.4. The Morgan fingerprint density at radius 1 is 0.348 bits per heavy atom. The number of hydrogen-bond acceptors (Lipinski definition) is 6. The van der Waals surface area contributed by atoms with Crippen LogP contribution in [-0.4, -0.2) is 61.4 Å². The maximum Gasteiger partial charge on any atom is 0.139 e. The van der Waals surface area contributed by atoms with E-state index in [4.69, 9.17) is 18.9 Å². The van der Waals surface area contributed by atoms with Gasteiger partial charge in [-0.25, -0.2) is 0 Å². The van der Waals surface area contributed by atoms with Gasteiger partial charge in [-0.2, -0.15) is 0 Å². The van der Waals surface area contributed by atoms with Crippen LogP contribution in [-0.2, 0) is 28.5 Å². The lowest BCUT2D eigenvalue weighted by atomic mass is 9.74. The lowest BCUT2D eigenvalue weighted by Crippen LogP contribution is -2.37. The minimum atomic E-state index is 0.243. The normalized spacial score (nSPS) is 42.7. The highest BCUT2D eigenvalue weighted by molar-refractivity contribution is 5.84. The molecule has 0 aromatic heterocycles. The van der Waals surface area contributed by atoms with Crippen LogP contribution in [0.3, 0.4) is 0 Å². The first kappa shape index (κ1) is 35.0. The molecule has 6 aliphatic carbocycles. The van der Waals surface area contributed by atoms with E-state index in [1.54, 1.807) is 0 Å². The summed E-state index contributed by atoms with van der Waals surface area (Å²) in [5.41, 5.74) is 0. The molecule has 262 valence electrons. The first-order chi connectivity index (χ1) is 22.4. The van der Waals surface area contributed by atoms with Gasteiger partial charge in [0.2, 0.25) is 0 Å². The van der Waals surface area contributed by atoms with Crippen molar-refractivity contribution >= 4 is 11.6 Å². The summed E-state index contributed by atoms with van der Waals surface area (Å²) in [7, 11) is 1.82. The second kappa shape index (κ2) is 17.2. The van der Waals surface area contributed by atoms with Gasteiger partial charge in [-0.3, -0.25) is 9.59 Å². The highest BCUT2D eigenvalue weighted by atomic mass is 16.5. The first-order valence-corrected chi connectivity index (χ1v) is 20.0. The Balaban J connectivity index is 0.813.